The Hall–Kier alpha value is -1.46. The van der Waals surface area contributed by atoms with Gasteiger partial charge >= 0.3 is 5.97 Å². The van der Waals surface area contributed by atoms with E-state index in [4.69, 9.17) is 4.74 Å². The van der Waals surface area contributed by atoms with E-state index in [9.17, 15) is 9.90 Å². The van der Waals surface area contributed by atoms with Crippen LogP contribution >= 0.6 is 11.3 Å². The van der Waals surface area contributed by atoms with Gasteiger partial charge < -0.3 is 9.84 Å². The third-order valence-electron chi connectivity index (χ3n) is 4.03. The number of nitrogens with zero attached hydrogens (tertiary/aromatic N) is 1. The van der Waals surface area contributed by atoms with Crippen molar-refractivity contribution < 1.29 is 14.6 Å². The average molecular weight is 305 g/mol. The molecule has 0 aliphatic carbocycles. The number of aromatic nitrogens is 1. The van der Waals surface area contributed by atoms with E-state index < -0.39 is 5.97 Å². The Kier molecular flexibility index (Phi) is 4.51. The zero-order valence-corrected chi connectivity index (χ0v) is 12.7. The predicted molar refractivity (Wildman–Crippen MR) is 83.1 cm³/mol. The van der Waals surface area contributed by atoms with E-state index in [1.807, 2.05) is 6.07 Å². The minimum absolute atomic E-state index is 0.304. The number of aromatic carboxylic acids is 1. The van der Waals surface area contributed by atoms with E-state index in [0.29, 0.717) is 17.0 Å². The molecule has 0 amide bonds. The molecule has 1 aromatic heterocycles. The molecule has 112 valence electrons. The fourth-order valence-electron chi connectivity index (χ4n) is 2.86. The molecule has 1 N–H and O–H groups in total. The average Bonchev–Trinajstić information content (AvgIpc) is 2.71. The zero-order chi connectivity index (χ0) is 14.7. The highest BCUT2D eigenvalue weighted by Crippen LogP contribution is 2.28. The number of para-hydroxylation sites is 1. The van der Waals surface area contributed by atoms with Crippen molar-refractivity contribution in [2.45, 2.75) is 32.1 Å². The van der Waals surface area contributed by atoms with Crippen molar-refractivity contribution in [3.63, 3.8) is 0 Å². The second kappa shape index (κ2) is 6.54. The number of rotatable bonds is 4. The van der Waals surface area contributed by atoms with Gasteiger partial charge in [-0.3, -0.25) is 0 Å². The first-order chi connectivity index (χ1) is 10.2. The SMILES string of the molecule is O=C(O)c1cccc2sc(CCC3CCCOCC3)nc12. The van der Waals surface area contributed by atoms with E-state index in [1.54, 1.807) is 23.5 Å². The van der Waals surface area contributed by atoms with Gasteiger partial charge in [-0.1, -0.05) is 6.07 Å². The molecule has 5 heteroatoms. The van der Waals surface area contributed by atoms with Crippen LogP contribution in [0.3, 0.4) is 0 Å². The smallest absolute Gasteiger partial charge is 0.337 e. The summed E-state index contributed by atoms with van der Waals surface area (Å²) in [5.74, 6) is -0.197. The number of hydrogen-bond acceptors (Lipinski definition) is 4. The van der Waals surface area contributed by atoms with Gasteiger partial charge in [0.05, 0.1) is 20.8 Å². The van der Waals surface area contributed by atoms with E-state index >= 15 is 0 Å². The van der Waals surface area contributed by atoms with Gasteiger partial charge in [0.1, 0.15) is 0 Å². The van der Waals surface area contributed by atoms with Gasteiger partial charge in [0.15, 0.2) is 0 Å². The fourth-order valence-corrected chi connectivity index (χ4v) is 3.87. The molecule has 1 aliphatic heterocycles. The largest absolute Gasteiger partial charge is 0.478 e. The molecule has 1 aliphatic rings. The van der Waals surface area contributed by atoms with Crippen molar-refractivity contribution >= 4 is 27.5 Å². The Morgan fingerprint density at radius 2 is 2.29 bits per heavy atom. The standard InChI is InChI=1S/C16H19NO3S/c18-16(19)12-4-1-5-13-15(12)17-14(21-13)7-6-11-3-2-9-20-10-8-11/h1,4-5,11H,2-3,6-10H2,(H,18,19). The molecule has 1 saturated heterocycles. The zero-order valence-electron chi connectivity index (χ0n) is 11.9. The van der Waals surface area contributed by atoms with Crippen LogP contribution < -0.4 is 0 Å². The maximum absolute atomic E-state index is 11.2. The molecule has 0 bridgehead atoms. The highest BCUT2D eigenvalue weighted by molar-refractivity contribution is 7.18. The third kappa shape index (κ3) is 3.41. The van der Waals surface area contributed by atoms with Crippen LogP contribution in [0.25, 0.3) is 10.2 Å². The summed E-state index contributed by atoms with van der Waals surface area (Å²) >= 11 is 1.62. The summed E-state index contributed by atoms with van der Waals surface area (Å²) in [5, 5.41) is 10.3. The summed E-state index contributed by atoms with van der Waals surface area (Å²) in [7, 11) is 0. The molecular formula is C16H19NO3S. The summed E-state index contributed by atoms with van der Waals surface area (Å²) in [4.78, 5) is 15.8. The molecular weight excluding hydrogens is 286 g/mol. The van der Waals surface area contributed by atoms with Crippen LogP contribution in [0.4, 0.5) is 0 Å². The van der Waals surface area contributed by atoms with Crippen molar-refractivity contribution in [3.05, 3.63) is 28.8 Å². The number of hydrogen-bond donors (Lipinski definition) is 1. The first-order valence-corrected chi connectivity index (χ1v) is 8.25. The van der Waals surface area contributed by atoms with Gasteiger partial charge in [0.2, 0.25) is 0 Å². The van der Waals surface area contributed by atoms with Crippen LogP contribution in [0.1, 0.15) is 41.0 Å². The van der Waals surface area contributed by atoms with Crippen molar-refractivity contribution in [1.82, 2.24) is 4.98 Å². The van der Waals surface area contributed by atoms with Gasteiger partial charge in [-0.2, -0.15) is 0 Å². The predicted octanol–water partition coefficient (Wildman–Crippen LogP) is 3.74. The maximum atomic E-state index is 11.2. The minimum atomic E-state index is -0.904. The monoisotopic (exact) mass is 305 g/mol. The van der Waals surface area contributed by atoms with Crippen LogP contribution in [0, 0.1) is 5.92 Å². The molecule has 2 heterocycles. The van der Waals surface area contributed by atoms with Crippen LogP contribution in [-0.4, -0.2) is 29.3 Å². The number of benzene rings is 1. The van der Waals surface area contributed by atoms with Gasteiger partial charge in [-0.25, -0.2) is 9.78 Å². The number of fused-ring (bicyclic) bond motifs is 1. The first kappa shape index (κ1) is 14.5. The lowest BCUT2D eigenvalue weighted by Gasteiger charge is -2.11. The lowest BCUT2D eigenvalue weighted by Crippen LogP contribution is -2.03. The maximum Gasteiger partial charge on any atom is 0.337 e. The van der Waals surface area contributed by atoms with Crippen molar-refractivity contribution in [2.24, 2.45) is 5.92 Å². The van der Waals surface area contributed by atoms with E-state index in [1.165, 1.54) is 6.42 Å². The summed E-state index contributed by atoms with van der Waals surface area (Å²) in [6.45, 7) is 1.76. The quantitative estimate of drug-likeness (QED) is 0.934. The second-order valence-electron chi connectivity index (χ2n) is 5.51. The Bertz CT molecular complexity index is 629. The third-order valence-corrected chi connectivity index (χ3v) is 5.11. The number of aryl methyl sites for hydroxylation is 1. The van der Waals surface area contributed by atoms with E-state index in [2.05, 4.69) is 4.98 Å². The second-order valence-corrected chi connectivity index (χ2v) is 6.63. The number of thiazole rings is 1. The molecule has 4 nitrogen and oxygen atoms in total. The van der Waals surface area contributed by atoms with Crippen molar-refractivity contribution in [1.29, 1.82) is 0 Å². The summed E-state index contributed by atoms with van der Waals surface area (Å²) < 4.78 is 6.46. The van der Waals surface area contributed by atoms with Gasteiger partial charge in [-0.05, 0) is 50.2 Å². The minimum Gasteiger partial charge on any atom is -0.478 e. The van der Waals surface area contributed by atoms with Gasteiger partial charge in [0, 0.05) is 13.2 Å². The van der Waals surface area contributed by atoms with Crippen LogP contribution in [0.5, 0.6) is 0 Å². The lowest BCUT2D eigenvalue weighted by molar-refractivity contribution is 0.0699. The lowest BCUT2D eigenvalue weighted by atomic mass is 9.95. The van der Waals surface area contributed by atoms with Crippen LogP contribution in [-0.2, 0) is 11.2 Å². The molecule has 1 aromatic carbocycles. The molecule has 21 heavy (non-hydrogen) atoms. The molecule has 2 aromatic rings. The Balaban J connectivity index is 1.72. The molecule has 1 atom stereocenters. The number of carboxylic acid groups (broad SMARTS) is 1. The summed E-state index contributed by atoms with van der Waals surface area (Å²) in [6, 6.07) is 5.36. The highest BCUT2D eigenvalue weighted by Gasteiger charge is 2.16. The Morgan fingerprint density at radius 1 is 1.38 bits per heavy atom. The van der Waals surface area contributed by atoms with E-state index in [0.717, 1.165) is 48.6 Å². The van der Waals surface area contributed by atoms with Crippen molar-refractivity contribution in [3.8, 4) is 0 Å². The molecule has 0 saturated carbocycles. The van der Waals surface area contributed by atoms with Gasteiger partial charge in [0.25, 0.3) is 0 Å². The normalized spacial score (nSPS) is 19.5. The summed E-state index contributed by atoms with van der Waals surface area (Å²) in [6.07, 6.45) is 5.55. The molecule has 3 rings (SSSR count). The highest BCUT2D eigenvalue weighted by atomic mass is 32.1. The number of carbonyl (C=O) groups is 1. The molecule has 1 unspecified atom stereocenters. The van der Waals surface area contributed by atoms with Crippen LogP contribution in [0.15, 0.2) is 18.2 Å². The Morgan fingerprint density at radius 3 is 3.14 bits per heavy atom. The Labute approximate surface area is 127 Å². The number of ether oxygens (including phenoxy) is 1. The molecule has 0 spiro atoms. The van der Waals surface area contributed by atoms with Crippen LogP contribution in [0.2, 0.25) is 0 Å². The van der Waals surface area contributed by atoms with E-state index in [-0.39, 0.29) is 0 Å². The topological polar surface area (TPSA) is 59.4 Å². The molecule has 1 fully saturated rings. The van der Waals surface area contributed by atoms with Gasteiger partial charge in [-0.15, -0.1) is 11.3 Å². The first-order valence-electron chi connectivity index (χ1n) is 7.43. The van der Waals surface area contributed by atoms with Crippen molar-refractivity contribution in [2.75, 3.05) is 13.2 Å². The number of carboxylic acids is 1. The summed E-state index contributed by atoms with van der Waals surface area (Å²) in [5.41, 5.74) is 0.937. The molecule has 0 radical (unpaired) electrons. The fraction of sp³-hybridized carbons (Fsp3) is 0.500.